The quantitative estimate of drug-likeness (QED) is 0.789. The fourth-order valence-corrected chi connectivity index (χ4v) is 1.76. The normalized spacial score (nSPS) is 12.4. The molecule has 0 aliphatic heterocycles. The molecule has 1 aromatic heterocycles. The zero-order valence-electron chi connectivity index (χ0n) is 8.00. The molecule has 1 heterocycles. The van der Waals surface area contributed by atoms with Gasteiger partial charge in [-0.15, -0.1) is 0 Å². The monoisotopic (exact) mass is 232 g/mol. The van der Waals surface area contributed by atoms with Crippen LogP contribution in [-0.4, -0.2) is 27.2 Å². The van der Waals surface area contributed by atoms with E-state index < -0.39 is 10.8 Å². The summed E-state index contributed by atoms with van der Waals surface area (Å²) in [5.41, 5.74) is 0.915. The van der Waals surface area contributed by atoms with Gasteiger partial charge < -0.3 is 5.32 Å². The Hall–Kier alpha value is -0.610. The third kappa shape index (κ3) is 4.07. The molecule has 78 valence electrons. The minimum atomic E-state index is -0.717. The third-order valence-electron chi connectivity index (χ3n) is 1.71. The summed E-state index contributed by atoms with van der Waals surface area (Å²) in [5.74, 6) is 1.37. The number of anilines is 1. The highest BCUT2D eigenvalue weighted by molar-refractivity contribution is 7.84. The van der Waals surface area contributed by atoms with E-state index in [2.05, 4.69) is 10.3 Å². The van der Waals surface area contributed by atoms with E-state index in [1.807, 2.05) is 13.0 Å². The van der Waals surface area contributed by atoms with Crippen molar-refractivity contribution in [1.82, 2.24) is 4.98 Å². The fourth-order valence-electron chi connectivity index (χ4n) is 0.966. The predicted octanol–water partition coefficient (Wildman–Crippen LogP) is 1.92. The van der Waals surface area contributed by atoms with Crippen LogP contribution in [0.3, 0.4) is 0 Å². The van der Waals surface area contributed by atoms with Crippen molar-refractivity contribution in [2.45, 2.75) is 6.92 Å². The number of hydrogen-bond acceptors (Lipinski definition) is 3. The molecule has 3 nitrogen and oxygen atoms in total. The molecule has 0 fully saturated rings. The van der Waals surface area contributed by atoms with E-state index in [9.17, 15) is 4.21 Å². The molecule has 0 bridgehead atoms. The Kier molecular flexibility index (Phi) is 4.90. The minimum absolute atomic E-state index is 0.464. The number of hydrogen-bond donors (Lipinski definition) is 1. The molecule has 0 spiro atoms. The van der Waals surface area contributed by atoms with Gasteiger partial charge in [-0.3, -0.25) is 4.21 Å². The van der Waals surface area contributed by atoms with Crippen LogP contribution in [0.2, 0.25) is 5.15 Å². The molecule has 1 aromatic rings. The lowest BCUT2D eigenvalue weighted by molar-refractivity contribution is 0.684. The lowest BCUT2D eigenvalue weighted by atomic mass is 10.4. The molecular formula is C9H13ClN2OS. The summed E-state index contributed by atoms with van der Waals surface area (Å²) < 4.78 is 11.1. The van der Waals surface area contributed by atoms with Crippen LogP contribution in [0.1, 0.15) is 6.92 Å². The van der Waals surface area contributed by atoms with E-state index in [-0.39, 0.29) is 0 Å². The summed E-state index contributed by atoms with van der Waals surface area (Å²) in [5, 5.41) is 3.60. The summed E-state index contributed by atoms with van der Waals surface area (Å²) in [6.45, 7) is 2.61. The van der Waals surface area contributed by atoms with Crippen molar-refractivity contribution in [1.29, 1.82) is 0 Å². The summed E-state index contributed by atoms with van der Waals surface area (Å²) in [6.07, 6.45) is 1.64. The molecule has 0 radical (unpaired) electrons. The Morgan fingerprint density at radius 3 is 3.07 bits per heavy atom. The largest absolute Gasteiger partial charge is 0.384 e. The van der Waals surface area contributed by atoms with Crippen molar-refractivity contribution < 1.29 is 4.21 Å². The van der Waals surface area contributed by atoms with E-state index in [0.29, 0.717) is 23.2 Å². The zero-order chi connectivity index (χ0) is 10.4. The fraction of sp³-hybridized carbons (Fsp3) is 0.444. The van der Waals surface area contributed by atoms with Gasteiger partial charge in [-0.2, -0.15) is 0 Å². The van der Waals surface area contributed by atoms with Gasteiger partial charge in [0.25, 0.3) is 0 Å². The zero-order valence-corrected chi connectivity index (χ0v) is 9.57. The van der Waals surface area contributed by atoms with E-state index in [1.54, 1.807) is 12.3 Å². The number of halogens is 1. The van der Waals surface area contributed by atoms with Gasteiger partial charge in [0.15, 0.2) is 0 Å². The Bertz CT molecular complexity index is 319. The predicted molar refractivity (Wildman–Crippen MR) is 61.3 cm³/mol. The average Bonchev–Trinajstić information content (AvgIpc) is 2.17. The third-order valence-corrected chi connectivity index (χ3v) is 3.22. The van der Waals surface area contributed by atoms with Crippen LogP contribution in [-0.2, 0) is 10.8 Å². The second kappa shape index (κ2) is 5.98. The maximum Gasteiger partial charge on any atom is 0.131 e. The number of nitrogens with zero attached hydrogens (tertiary/aromatic N) is 1. The van der Waals surface area contributed by atoms with Gasteiger partial charge in [-0.05, 0) is 12.1 Å². The molecule has 0 aliphatic rings. The highest BCUT2D eigenvalue weighted by Crippen LogP contribution is 2.11. The lowest BCUT2D eigenvalue weighted by Gasteiger charge is -2.05. The van der Waals surface area contributed by atoms with Gasteiger partial charge in [0.1, 0.15) is 5.15 Å². The standard InChI is InChI=1S/C9H13ClN2OS/c1-2-14(13)6-5-11-8-3-4-12-9(10)7-8/h3-4,7H,2,5-6H2,1H3,(H,11,12). The van der Waals surface area contributed by atoms with Crippen molar-refractivity contribution in [2.75, 3.05) is 23.4 Å². The van der Waals surface area contributed by atoms with Gasteiger partial charge in [0, 0.05) is 40.7 Å². The molecule has 1 N–H and O–H groups in total. The maximum atomic E-state index is 11.1. The highest BCUT2D eigenvalue weighted by Gasteiger charge is 1.96. The Morgan fingerprint density at radius 2 is 2.43 bits per heavy atom. The second-order valence-electron chi connectivity index (χ2n) is 2.73. The number of pyridine rings is 1. The molecule has 0 saturated heterocycles. The van der Waals surface area contributed by atoms with Crippen LogP contribution < -0.4 is 5.32 Å². The van der Waals surface area contributed by atoms with Gasteiger partial charge >= 0.3 is 0 Å². The summed E-state index contributed by atoms with van der Waals surface area (Å²) in [4.78, 5) is 3.86. The summed E-state index contributed by atoms with van der Waals surface area (Å²) >= 11 is 5.70. The molecule has 1 atom stereocenters. The molecule has 1 unspecified atom stereocenters. The minimum Gasteiger partial charge on any atom is -0.384 e. The molecule has 0 aliphatic carbocycles. The number of aromatic nitrogens is 1. The van der Waals surface area contributed by atoms with Crippen molar-refractivity contribution in [2.24, 2.45) is 0 Å². The Morgan fingerprint density at radius 1 is 1.64 bits per heavy atom. The van der Waals surface area contributed by atoms with Crippen LogP contribution in [0.25, 0.3) is 0 Å². The highest BCUT2D eigenvalue weighted by atomic mass is 35.5. The molecule has 0 amide bonds. The first-order chi connectivity index (χ1) is 6.72. The van der Waals surface area contributed by atoms with Gasteiger partial charge in [0.2, 0.25) is 0 Å². The smallest absolute Gasteiger partial charge is 0.131 e. The van der Waals surface area contributed by atoms with Crippen LogP contribution >= 0.6 is 11.6 Å². The number of nitrogens with one attached hydrogen (secondary N) is 1. The molecule has 5 heteroatoms. The van der Waals surface area contributed by atoms with Crippen molar-refractivity contribution in [3.8, 4) is 0 Å². The Balaban J connectivity index is 2.35. The molecular weight excluding hydrogens is 220 g/mol. The topological polar surface area (TPSA) is 42.0 Å². The second-order valence-corrected chi connectivity index (χ2v) is 4.98. The molecule has 1 rings (SSSR count). The van der Waals surface area contributed by atoms with Crippen molar-refractivity contribution >= 4 is 28.1 Å². The first kappa shape index (κ1) is 11.5. The van der Waals surface area contributed by atoms with Crippen LogP contribution in [0.5, 0.6) is 0 Å². The molecule has 0 aromatic carbocycles. The first-order valence-electron chi connectivity index (χ1n) is 4.42. The van der Waals surface area contributed by atoms with Crippen molar-refractivity contribution in [3.63, 3.8) is 0 Å². The lowest BCUT2D eigenvalue weighted by Crippen LogP contribution is -2.11. The molecule has 14 heavy (non-hydrogen) atoms. The van der Waals surface area contributed by atoms with Crippen LogP contribution in [0, 0.1) is 0 Å². The van der Waals surface area contributed by atoms with E-state index in [4.69, 9.17) is 11.6 Å². The van der Waals surface area contributed by atoms with Gasteiger partial charge in [-0.1, -0.05) is 18.5 Å². The van der Waals surface area contributed by atoms with E-state index in [0.717, 1.165) is 5.69 Å². The van der Waals surface area contributed by atoms with E-state index in [1.165, 1.54) is 0 Å². The number of rotatable bonds is 5. The first-order valence-corrected chi connectivity index (χ1v) is 6.29. The Labute approximate surface area is 91.3 Å². The van der Waals surface area contributed by atoms with Gasteiger partial charge in [-0.25, -0.2) is 4.98 Å². The summed E-state index contributed by atoms with van der Waals surface area (Å²) in [6, 6.07) is 3.58. The average molecular weight is 233 g/mol. The van der Waals surface area contributed by atoms with E-state index >= 15 is 0 Å². The molecule has 0 saturated carbocycles. The maximum absolute atomic E-state index is 11.1. The van der Waals surface area contributed by atoms with Gasteiger partial charge in [0.05, 0.1) is 0 Å². The van der Waals surface area contributed by atoms with Crippen LogP contribution in [0.4, 0.5) is 5.69 Å². The van der Waals surface area contributed by atoms with Crippen LogP contribution in [0.15, 0.2) is 18.3 Å². The van der Waals surface area contributed by atoms with Crippen molar-refractivity contribution in [3.05, 3.63) is 23.5 Å². The SMILES string of the molecule is CCS(=O)CCNc1ccnc(Cl)c1. The summed E-state index contributed by atoms with van der Waals surface area (Å²) in [7, 11) is -0.717.